The van der Waals surface area contributed by atoms with Gasteiger partial charge in [-0.15, -0.1) is 0 Å². The Morgan fingerprint density at radius 2 is 1.91 bits per heavy atom. The fourth-order valence-corrected chi connectivity index (χ4v) is 9.26. The molecule has 0 amide bonds. The van der Waals surface area contributed by atoms with Gasteiger partial charge >= 0.3 is 0 Å². The molecule has 5 fully saturated rings. The minimum absolute atomic E-state index is 0.157. The maximum absolute atomic E-state index is 6.03. The number of likely N-dealkylation sites (tertiary alicyclic amines) is 1. The van der Waals surface area contributed by atoms with E-state index in [0.717, 1.165) is 67.6 Å². The Balaban J connectivity index is 1.11. The van der Waals surface area contributed by atoms with Crippen LogP contribution >= 0.6 is 0 Å². The Hall–Kier alpha value is -1.75. The maximum atomic E-state index is 6.03. The third kappa shape index (κ3) is 3.40. The van der Waals surface area contributed by atoms with Crippen molar-refractivity contribution in [2.45, 2.75) is 76.2 Å². The Kier molecular flexibility index (Phi) is 5.63. The topological polar surface area (TPSA) is 43.3 Å². The van der Waals surface area contributed by atoms with Crippen molar-refractivity contribution in [2.75, 3.05) is 34.4 Å². The van der Waals surface area contributed by atoms with E-state index in [4.69, 9.17) is 19.5 Å². The van der Waals surface area contributed by atoms with E-state index >= 15 is 0 Å². The van der Waals surface area contributed by atoms with Crippen molar-refractivity contribution >= 4 is 5.71 Å². The molecule has 1 heterocycles. The van der Waals surface area contributed by atoms with E-state index in [1.807, 2.05) is 0 Å². The normalized spacial score (nSPS) is 41.8. The first-order chi connectivity index (χ1) is 16.5. The van der Waals surface area contributed by atoms with Crippen molar-refractivity contribution in [2.24, 2.45) is 34.2 Å². The fraction of sp³-hybridized carbons (Fsp3) is 0.759. The molecular formula is C29H42N2O3. The van der Waals surface area contributed by atoms with Crippen molar-refractivity contribution in [1.29, 1.82) is 0 Å². The molecule has 0 bridgehead atoms. The third-order valence-corrected chi connectivity index (χ3v) is 10.7. The first kappa shape index (κ1) is 22.7. The molecule has 6 rings (SSSR count). The lowest BCUT2D eigenvalue weighted by molar-refractivity contribution is -0.214. The van der Waals surface area contributed by atoms with Crippen LogP contribution in [0.2, 0.25) is 0 Å². The van der Waals surface area contributed by atoms with Crippen molar-refractivity contribution in [1.82, 2.24) is 4.90 Å². The molecule has 4 aliphatic carbocycles. The predicted octanol–water partition coefficient (Wildman–Crippen LogP) is 5.66. The van der Waals surface area contributed by atoms with Crippen LogP contribution in [0.5, 0.6) is 11.5 Å². The molecule has 5 heteroatoms. The predicted molar refractivity (Wildman–Crippen MR) is 135 cm³/mol. The molecule has 186 valence electrons. The Morgan fingerprint density at radius 1 is 1.06 bits per heavy atom. The summed E-state index contributed by atoms with van der Waals surface area (Å²) in [5, 5.41) is 4.72. The largest absolute Gasteiger partial charge is 0.493 e. The highest BCUT2D eigenvalue weighted by Crippen LogP contribution is 2.72. The standard InChI is InChI=1S/C29H42N2O3/c1-19-13-20-14-21-18-28(17-19,27(20)21)10-12-34-30-23-7-8-29(9-11-31(2)26(29)16-23)22-5-6-24(32-3)25(15-22)33-4/h5-6,15,19-21,26-27H,7-14,16-18H2,1-4H3/b30-23+/t19?,20?,21?,26-,27?,28?,29-/m0/s1. The summed E-state index contributed by atoms with van der Waals surface area (Å²) >= 11 is 0. The molecule has 5 nitrogen and oxygen atoms in total. The first-order valence-electron chi connectivity index (χ1n) is 13.6. The van der Waals surface area contributed by atoms with Crippen LogP contribution < -0.4 is 9.47 Å². The van der Waals surface area contributed by atoms with Crippen LogP contribution in [0, 0.1) is 29.1 Å². The number of methoxy groups -OCH3 is 2. The minimum atomic E-state index is 0.157. The zero-order valence-corrected chi connectivity index (χ0v) is 21.5. The summed E-state index contributed by atoms with van der Waals surface area (Å²) in [5.74, 6) is 5.61. The average Bonchev–Trinajstić information content (AvgIpc) is 3.15. The molecule has 1 saturated heterocycles. The average molecular weight is 467 g/mol. The Labute approximate surface area is 205 Å². The van der Waals surface area contributed by atoms with Gasteiger partial charge < -0.3 is 19.2 Å². The number of nitrogens with zero attached hydrogens (tertiary/aromatic N) is 2. The van der Waals surface area contributed by atoms with Gasteiger partial charge in [0.25, 0.3) is 0 Å². The number of ether oxygens (including phenoxy) is 2. The Bertz CT molecular complexity index is 963. The summed E-state index contributed by atoms with van der Waals surface area (Å²) in [5.41, 5.74) is 3.37. The monoisotopic (exact) mass is 466 g/mol. The van der Waals surface area contributed by atoms with Gasteiger partial charge in [-0.2, -0.15) is 0 Å². The lowest BCUT2D eigenvalue weighted by Gasteiger charge is -2.70. The van der Waals surface area contributed by atoms with Gasteiger partial charge in [0.15, 0.2) is 11.5 Å². The summed E-state index contributed by atoms with van der Waals surface area (Å²) in [6.45, 7) is 4.39. The Morgan fingerprint density at radius 3 is 2.71 bits per heavy atom. The van der Waals surface area contributed by atoms with E-state index in [0.29, 0.717) is 11.5 Å². The number of oxime groups is 1. The smallest absolute Gasteiger partial charge is 0.161 e. The number of hydrogen-bond donors (Lipinski definition) is 0. The second kappa shape index (κ2) is 8.43. The zero-order valence-electron chi connectivity index (χ0n) is 21.5. The van der Waals surface area contributed by atoms with E-state index in [1.165, 1.54) is 49.8 Å². The molecule has 1 aromatic rings. The summed E-state index contributed by atoms with van der Waals surface area (Å²) in [4.78, 5) is 8.56. The van der Waals surface area contributed by atoms with Crippen LogP contribution in [0.4, 0.5) is 0 Å². The van der Waals surface area contributed by atoms with Gasteiger partial charge in [-0.1, -0.05) is 18.1 Å². The zero-order chi connectivity index (χ0) is 23.5. The highest BCUT2D eigenvalue weighted by molar-refractivity contribution is 5.86. The SMILES string of the molecule is COc1ccc([C@@]23CC/C(=N\OCCC45CC(C)CC6CC(C4)C65)C[C@@H]2N(C)CC3)cc1OC. The molecule has 7 atom stereocenters. The van der Waals surface area contributed by atoms with Gasteiger partial charge in [-0.05, 0) is 112 Å². The highest BCUT2D eigenvalue weighted by atomic mass is 16.6. The van der Waals surface area contributed by atoms with Gasteiger partial charge in [0.05, 0.1) is 19.9 Å². The molecule has 5 unspecified atom stereocenters. The van der Waals surface area contributed by atoms with Crippen LogP contribution in [0.25, 0.3) is 0 Å². The molecule has 0 spiro atoms. The quantitative estimate of drug-likeness (QED) is 0.384. The van der Waals surface area contributed by atoms with E-state index in [-0.39, 0.29) is 5.41 Å². The van der Waals surface area contributed by atoms with Crippen molar-refractivity contribution < 1.29 is 14.3 Å². The number of likely N-dealkylation sites (N-methyl/N-ethyl adjacent to an activating group) is 1. The van der Waals surface area contributed by atoms with E-state index in [1.54, 1.807) is 14.2 Å². The van der Waals surface area contributed by atoms with Crippen molar-refractivity contribution in [3.05, 3.63) is 23.8 Å². The fourth-order valence-electron chi connectivity index (χ4n) is 9.26. The van der Waals surface area contributed by atoms with Crippen molar-refractivity contribution in [3.63, 3.8) is 0 Å². The van der Waals surface area contributed by atoms with E-state index in [2.05, 4.69) is 37.1 Å². The van der Waals surface area contributed by atoms with Crippen LogP contribution in [-0.4, -0.2) is 51.1 Å². The molecule has 5 aliphatic rings. The molecule has 1 aliphatic heterocycles. The van der Waals surface area contributed by atoms with E-state index in [9.17, 15) is 0 Å². The number of rotatable bonds is 7. The number of fused-ring (bicyclic) bond motifs is 1. The second-order valence-corrected chi connectivity index (χ2v) is 12.3. The van der Waals surface area contributed by atoms with Crippen LogP contribution in [0.15, 0.2) is 23.4 Å². The lowest BCUT2D eigenvalue weighted by atomic mass is 9.35. The molecular weight excluding hydrogens is 424 g/mol. The van der Waals surface area contributed by atoms with Gasteiger partial charge in [0, 0.05) is 17.9 Å². The van der Waals surface area contributed by atoms with Gasteiger partial charge in [-0.3, -0.25) is 0 Å². The molecule has 34 heavy (non-hydrogen) atoms. The van der Waals surface area contributed by atoms with Gasteiger partial charge in [-0.25, -0.2) is 0 Å². The number of hydrogen-bond acceptors (Lipinski definition) is 5. The third-order valence-electron chi connectivity index (χ3n) is 10.7. The van der Waals surface area contributed by atoms with Crippen LogP contribution in [0.1, 0.15) is 70.3 Å². The minimum Gasteiger partial charge on any atom is -0.493 e. The summed E-state index contributed by atoms with van der Waals surface area (Å²) in [6.07, 6.45) is 11.4. The lowest BCUT2D eigenvalue weighted by Crippen LogP contribution is -2.62. The first-order valence-corrected chi connectivity index (χ1v) is 13.6. The summed E-state index contributed by atoms with van der Waals surface area (Å²) in [7, 11) is 5.69. The highest BCUT2D eigenvalue weighted by Gasteiger charge is 2.64. The summed E-state index contributed by atoms with van der Waals surface area (Å²) < 4.78 is 11.1. The van der Waals surface area contributed by atoms with Gasteiger partial charge in [0.1, 0.15) is 6.61 Å². The van der Waals surface area contributed by atoms with Crippen molar-refractivity contribution in [3.8, 4) is 11.5 Å². The molecule has 4 saturated carbocycles. The molecule has 0 N–H and O–H groups in total. The maximum Gasteiger partial charge on any atom is 0.161 e. The molecule has 0 aromatic heterocycles. The van der Waals surface area contributed by atoms with Crippen LogP contribution in [-0.2, 0) is 10.3 Å². The summed E-state index contributed by atoms with van der Waals surface area (Å²) in [6, 6.07) is 6.97. The number of benzene rings is 1. The molecule has 1 aromatic carbocycles. The van der Waals surface area contributed by atoms with E-state index < -0.39 is 0 Å². The van der Waals surface area contributed by atoms with Crippen LogP contribution in [0.3, 0.4) is 0 Å². The van der Waals surface area contributed by atoms with Gasteiger partial charge in [0.2, 0.25) is 0 Å². The second-order valence-electron chi connectivity index (χ2n) is 12.3. The molecule has 0 radical (unpaired) electrons.